The van der Waals surface area contributed by atoms with Gasteiger partial charge in [0.05, 0.1) is 5.60 Å². The second-order valence-corrected chi connectivity index (χ2v) is 17.9. The van der Waals surface area contributed by atoms with E-state index in [0.29, 0.717) is 12.2 Å². The van der Waals surface area contributed by atoms with Crippen LogP contribution >= 0.6 is 0 Å². The number of carbonyl (C=O) groups is 1. The lowest BCUT2D eigenvalue weighted by Gasteiger charge is -2.38. The zero-order valence-electron chi connectivity index (χ0n) is 35.1. The van der Waals surface area contributed by atoms with Gasteiger partial charge in [-0.2, -0.15) is 0 Å². The Balaban J connectivity index is 2.66. The van der Waals surface area contributed by atoms with Gasteiger partial charge in [-0.05, 0) is 73.5 Å². The number of Topliss-reactive ketones (excluding diaryl/α,β-unsaturated/α-hetero) is 1. The molecule has 3 heteroatoms. The third-order valence-electron chi connectivity index (χ3n) is 10.5. The molecule has 0 aliphatic carbocycles. The molecule has 0 spiro atoms. The summed E-state index contributed by atoms with van der Waals surface area (Å²) in [6.45, 7) is 26.5. The lowest BCUT2D eigenvalue weighted by molar-refractivity contribution is -0.417. The highest BCUT2D eigenvalue weighted by molar-refractivity contribution is 5.99. The Labute approximate surface area is 306 Å². The Morgan fingerprint density at radius 2 is 0.939 bits per heavy atom. The maximum Gasteiger partial charge on any atom is 0.163 e. The van der Waals surface area contributed by atoms with Gasteiger partial charge in [0.2, 0.25) is 0 Å². The van der Waals surface area contributed by atoms with Crippen LogP contribution in [-0.2, 0) is 15.4 Å². The molecule has 1 aromatic carbocycles. The molecule has 0 amide bonds. The molecular formula is C46H84O3. The summed E-state index contributed by atoms with van der Waals surface area (Å²) in [5.74, 6) is 0.820. The maximum absolute atomic E-state index is 13.9. The van der Waals surface area contributed by atoms with Crippen molar-refractivity contribution in [2.24, 2.45) is 5.41 Å². The Hall–Kier alpha value is -1.19. The molecule has 0 N–H and O–H groups in total. The molecule has 1 rings (SSSR count). The summed E-state index contributed by atoms with van der Waals surface area (Å²) in [6.07, 6.45) is 27.6. The first-order chi connectivity index (χ1) is 23.1. The van der Waals surface area contributed by atoms with E-state index < -0.39 is 11.2 Å². The molecule has 0 saturated carbocycles. The van der Waals surface area contributed by atoms with Crippen molar-refractivity contribution in [2.45, 2.75) is 247 Å². The molecule has 0 aliphatic heterocycles. The van der Waals surface area contributed by atoms with E-state index in [1.807, 2.05) is 0 Å². The summed E-state index contributed by atoms with van der Waals surface area (Å²) >= 11 is 0. The summed E-state index contributed by atoms with van der Waals surface area (Å²) in [5, 5.41) is 0. The second kappa shape index (κ2) is 24.1. The van der Waals surface area contributed by atoms with Crippen LogP contribution in [0.4, 0.5) is 0 Å². The highest BCUT2D eigenvalue weighted by Crippen LogP contribution is 2.41. The molecule has 3 nitrogen and oxygen atoms in total. The predicted octanol–water partition coefficient (Wildman–Crippen LogP) is 15.7. The summed E-state index contributed by atoms with van der Waals surface area (Å²) in [6, 6.07) is 4.54. The van der Waals surface area contributed by atoms with Crippen molar-refractivity contribution in [1.29, 1.82) is 0 Å². The van der Waals surface area contributed by atoms with Crippen LogP contribution in [-0.4, -0.2) is 11.4 Å². The van der Waals surface area contributed by atoms with Gasteiger partial charge in [0.15, 0.2) is 5.78 Å². The van der Waals surface area contributed by atoms with Crippen molar-refractivity contribution in [3.63, 3.8) is 0 Å². The lowest BCUT2D eigenvalue weighted by atomic mass is 9.79. The van der Waals surface area contributed by atoms with Crippen molar-refractivity contribution in [2.75, 3.05) is 0 Å². The van der Waals surface area contributed by atoms with Crippen LogP contribution in [0.5, 0.6) is 0 Å². The van der Waals surface area contributed by atoms with Crippen molar-refractivity contribution in [1.82, 2.24) is 0 Å². The molecule has 0 saturated heterocycles. The van der Waals surface area contributed by atoms with Crippen LogP contribution in [0.2, 0.25) is 0 Å². The van der Waals surface area contributed by atoms with E-state index >= 15 is 0 Å². The lowest BCUT2D eigenvalue weighted by Crippen LogP contribution is -2.37. The van der Waals surface area contributed by atoms with Crippen molar-refractivity contribution < 1.29 is 14.6 Å². The highest BCUT2D eigenvalue weighted by Gasteiger charge is 2.37. The molecule has 0 aliphatic rings. The smallest absolute Gasteiger partial charge is 0.163 e. The third-order valence-corrected chi connectivity index (χ3v) is 10.5. The van der Waals surface area contributed by atoms with Gasteiger partial charge in [-0.25, -0.2) is 9.78 Å². The third kappa shape index (κ3) is 18.2. The predicted molar refractivity (Wildman–Crippen MR) is 215 cm³/mol. The van der Waals surface area contributed by atoms with Crippen LogP contribution in [0.25, 0.3) is 0 Å². The molecule has 0 radical (unpaired) electrons. The number of unbranched alkanes of at least 4 members (excludes halogenated alkanes) is 17. The van der Waals surface area contributed by atoms with Crippen LogP contribution < -0.4 is 0 Å². The van der Waals surface area contributed by atoms with Gasteiger partial charge >= 0.3 is 0 Å². The minimum atomic E-state index is -0.558. The van der Waals surface area contributed by atoms with Crippen LogP contribution in [0.15, 0.2) is 12.1 Å². The van der Waals surface area contributed by atoms with Crippen molar-refractivity contribution in [3.05, 3.63) is 34.4 Å². The monoisotopic (exact) mass is 685 g/mol. The van der Waals surface area contributed by atoms with Gasteiger partial charge in [-0.15, -0.1) is 0 Å². The van der Waals surface area contributed by atoms with Gasteiger partial charge in [-0.1, -0.05) is 191 Å². The Kier molecular flexibility index (Phi) is 22.6. The summed E-state index contributed by atoms with van der Waals surface area (Å²) in [7, 11) is 0. The molecule has 1 aromatic rings. The molecule has 0 atom stereocenters. The van der Waals surface area contributed by atoms with E-state index in [1.54, 1.807) is 0 Å². The highest BCUT2D eigenvalue weighted by atomic mass is 17.2. The second-order valence-electron chi connectivity index (χ2n) is 17.9. The molecular weight excluding hydrogens is 601 g/mol. The van der Waals surface area contributed by atoms with E-state index in [4.69, 9.17) is 9.78 Å². The number of benzene rings is 1. The fourth-order valence-corrected chi connectivity index (χ4v) is 7.82. The number of ketones is 1. The molecule has 0 unspecified atom stereocenters. The minimum absolute atomic E-state index is 0.136. The summed E-state index contributed by atoms with van der Waals surface area (Å²) < 4.78 is 0. The largest absolute Gasteiger partial charge is 0.294 e. The zero-order valence-corrected chi connectivity index (χ0v) is 35.1. The Bertz CT molecular complexity index is 979. The van der Waals surface area contributed by atoms with E-state index in [2.05, 4.69) is 95.2 Å². The van der Waals surface area contributed by atoms with Gasteiger partial charge in [0.1, 0.15) is 5.60 Å². The van der Waals surface area contributed by atoms with Gasteiger partial charge < -0.3 is 0 Å². The average molecular weight is 685 g/mol. The normalized spacial score (nSPS) is 12.9. The van der Waals surface area contributed by atoms with Crippen LogP contribution in [0.3, 0.4) is 0 Å². The maximum atomic E-state index is 13.9. The molecule has 0 aromatic heterocycles. The van der Waals surface area contributed by atoms with E-state index in [9.17, 15) is 4.79 Å². The summed E-state index contributed by atoms with van der Waals surface area (Å²) in [5.41, 5.74) is 3.61. The van der Waals surface area contributed by atoms with Crippen molar-refractivity contribution >= 4 is 5.78 Å². The van der Waals surface area contributed by atoms with Crippen LogP contribution in [0.1, 0.15) is 263 Å². The zero-order chi connectivity index (χ0) is 36.9. The summed E-state index contributed by atoms with van der Waals surface area (Å²) in [4.78, 5) is 26.6. The quantitative estimate of drug-likeness (QED) is 0.0365. The number of rotatable bonds is 29. The molecule has 49 heavy (non-hydrogen) atoms. The van der Waals surface area contributed by atoms with Gasteiger partial charge in [-0.3, -0.25) is 4.79 Å². The van der Waals surface area contributed by atoms with E-state index in [1.165, 1.54) is 103 Å². The van der Waals surface area contributed by atoms with E-state index in [0.717, 1.165) is 54.4 Å². The number of carbonyl (C=O) groups excluding carboxylic acids is 1. The minimum Gasteiger partial charge on any atom is -0.294 e. The topological polar surface area (TPSA) is 35.5 Å². The fourth-order valence-electron chi connectivity index (χ4n) is 7.82. The SMILES string of the molecule is CCCCCCCCCCCCCCCCCCCCC(=O)c1c(C(C)C)cc(C(CC)(CC)OOC(C)(C)CC(C)(C)C)cc1C(C)C. The number of hydrogen-bond acceptors (Lipinski definition) is 3. The molecule has 0 heterocycles. The first-order valence-corrected chi connectivity index (χ1v) is 21.2. The average Bonchev–Trinajstić information content (AvgIpc) is 3.03. The number of hydrogen-bond donors (Lipinski definition) is 0. The van der Waals surface area contributed by atoms with Crippen LogP contribution in [0, 0.1) is 5.41 Å². The van der Waals surface area contributed by atoms with Gasteiger partial charge in [0, 0.05) is 12.0 Å². The standard InChI is InChI=1S/C46H84O3/c1-13-16-17-18-19-20-21-22-23-24-25-26-27-28-29-30-31-32-33-42(47)43-40(37(4)5)34-39(35-41(43)38(6)7)46(14-2,15-3)49-48-45(11,12)36-44(8,9)10/h34-35,37-38H,13-33,36H2,1-12H3. The van der Waals surface area contributed by atoms with E-state index in [-0.39, 0.29) is 17.3 Å². The fraction of sp³-hybridized carbons (Fsp3) is 0.848. The Morgan fingerprint density at radius 3 is 1.27 bits per heavy atom. The molecule has 286 valence electrons. The van der Waals surface area contributed by atoms with Crippen molar-refractivity contribution in [3.8, 4) is 0 Å². The molecule has 0 bridgehead atoms. The first kappa shape index (κ1) is 45.8. The first-order valence-electron chi connectivity index (χ1n) is 21.2. The Morgan fingerprint density at radius 1 is 0.571 bits per heavy atom. The molecule has 0 fully saturated rings. The van der Waals surface area contributed by atoms with Gasteiger partial charge in [0.25, 0.3) is 0 Å².